The molecule has 1 saturated heterocycles. The van der Waals surface area contributed by atoms with E-state index in [-0.39, 0.29) is 17.1 Å². The Morgan fingerprint density at radius 1 is 1.05 bits per heavy atom. The maximum Gasteiger partial charge on any atom is 0.280 e. The Morgan fingerprint density at radius 2 is 1.66 bits per heavy atom. The molecular weight excluding hydrogens is 640 g/mol. The van der Waals surface area contributed by atoms with Crippen molar-refractivity contribution in [3.8, 4) is 5.75 Å². The third-order valence-electron chi connectivity index (χ3n) is 7.39. The van der Waals surface area contributed by atoms with Crippen molar-refractivity contribution in [2.75, 3.05) is 16.9 Å². The predicted octanol–water partition coefficient (Wildman–Crippen LogP) is 4.56. The van der Waals surface area contributed by atoms with Crippen LogP contribution in [0.25, 0.3) is 11.2 Å². The van der Waals surface area contributed by atoms with Gasteiger partial charge in [-0.25, -0.2) is 9.37 Å². The van der Waals surface area contributed by atoms with Gasteiger partial charge in [0, 0.05) is 4.43 Å². The molecule has 11 heteroatoms. The van der Waals surface area contributed by atoms with Crippen LogP contribution in [0.15, 0.2) is 96.1 Å². The Balaban J connectivity index is 1.54. The molecule has 41 heavy (non-hydrogen) atoms. The second-order valence-electron chi connectivity index (χ2n) is 9.73. The summed E-state index contributed by atoms with van der Waals surface area (Å²) >= 11 is 2.04. The van der Waals surface area contributed by atoms with E-state index in [1.54, 1.807) is 7.11 Å². The molecule has 1 fully saturated rings. The first kappa shape index (κ1) is 27.4. The molecule has 3 heterocycles. The van der Waals surface area contributed by atoms with Crippen molar-refractivity contribution in [1.29, 1.82) is 0 Å². The predicted molar refractivity (Wildman–Crippen MR) is 161 cm³/mol. The highest BCUT2D eigenvalue weighted by Crippen LogP contribution is 2.40. The van der Waals surface area contributed by atoms with Gasteiger partial charge in [0.05, 0.1) is 19.5 Å². The number of rotatable bonds is 8. The number of nitrogens with one attached hydrogen (secondary N) is 2. The van der Waals surface area contributed by atoms with E-state index in [1.807, 2.05) is 108 Å². The molecule has 1 aliphatic heterocycles. The number of aromatic nitrogens is 4. The van der Waals surface area contributed by atoms with Gasteiger partial charge in [-0.15, -0.1) is 0 Å². The van der Waals surface area contributed by atoms with Crippen LogP contribution in [0.5, 0.6) is 5.75 Å². The summed E-state index contributed by atoms with van der Waals surface area (Å²) in [6.45, 7) is 0. The number of anilines is 1. The molecule has 2 aromatic heterocycles. The van der Waals surface area contributed by atoms with Gasteiger partial charge < -0.3 is 19.9 Å². The van der Waals surface area contributed by atoms with Gasteiger partial charge in [0.15, 0.2) is 23.6 Å². The monoisotopic (exact) mass is 667 g/mol. The topological polar surface area (TPSA) is 114 Å². The number of aromatic amines is 1. The lowest BCUT2D eigenvalue weighted by Gasteiger charge is -2.37. The van der Waals surface area contributed by atoms with Gasteiger partial charge in [0.25, 0.3) is 5.56 Å². The van der Waals surface area contributed by atoms with E-state index >= 15 is 4.39 Å². The smallest absolute Gasteiger partial charge is 0.280 e. The summed E-state index contributed by atoms with van der Waals surface area (Å²) in [4.78, 5) is 25.0. The lowest BCUT2D eigenvalue weighted by molar-refractivity contribution is -0.0104. The van der Waals surface area contributed by atoms with Crippen molar-refractivity contribution in [3.05, 3.63) is 118 Å². The maximum absolute atomic E-state index is 15.1. The Hall–Kier alpha value is -3.81. The number of hydrogen-bond donors (Lipinski definition) is 3. The van der Waals surface area contributed by atoms with Crippen molar-refractivity contribution in [2.45, 2.75) is 30.1 Å². The third-order valence-corrected chi connectivity index (χ3v) is 8.26. The number of ether oxygens (including phenoxy) is 2. The second kappa shape index (κ2) is 11.2. The zero-order valence-electron chi connectivity index (χ0n) is 21.9. The van der Waals surface area contributed by atoms with E-state index in [4.69, 9.17) is 14.5 Å². The first-order chi connectivity index (χ1) is 20.0. The van der Waals surface area contributed by atoms with Gasteiger partial charge in [0.1, 0.15) is 17.4 Å². The lowest BCUT2D eigenvalue weighted by atomic mass is 9.77. The Labute approximate surface area is 248 Å². The van der Waals surface area contributed by atoms with Crippen LogP contribution in [0.4, 0.5) is 10.3 Å². The van der Waals surface area contributed by atoms with E-state index in [0.29, 0.717) is 10.2 Å². The Kier molecular flexibility index (Phi) is 7.49. The molecule has 210 valence electrons. The van der Waals surface area contributed by atoms with Crippen LogP contribution in [-0.2, 0) is 10.3 Å². The summed E-state index contributed by atoms with van der Waals surface area (Å²) in [6.07, 6.45) is -3.55. The normalized spacial score (nSPS) is 20.8. The molecule has 3 aromatic carbocycles. The minimum Gasteiger partial charge on any atom is -0.497 e. The molecule has 0 radical (unpaired) electrons. The number of hydrogen-bond acceptors (Lipinski definition) is 7. The van der Waals surface area contributed by atoms with Crippen LogP contribution < -0.4 is 15.6 Å². The molecule has 3 N–H and O–H groups in total. The number of alkyl halides is 2. The summed E-state index contributed by atoms with van der Waals surface area (Å²) in [7, 11) is 1.61. The minimum absolute atomic E-state index is 0.0354. The van der Waals surface area contributed by atoms with E-state index in [1.165, 1.54) is 10.9 Å². The highest BCUT2D eigenvalue weighted by Gasteiger charge is 2.45. The molecule has 1 aliphatic rings. The molecule has 0 amide bonds. The summed E-state index contributed by atoms with van der Waals surface area (Å²) < 4.78 is 28.1. The summed E-state index contributed by atoms with van der Waals surface area (Å²) in [5.41, 5.74) is 1.32. The average Bonchev–Trinajstić information content (AvgIpc) is 3.57. The zero-order chi connectivity index (χ0) is 28.6. The third kappa shape index (κ3) is 4.77. The number of aliphatic hydroxyl groups is 1. The lowest BCUT2D eigenvalue weighted by Crippen LogP contribution is -2.39. The van der Waals surface area contributed by atoms with Gasteiger partial charge in [-0.1, -0.05) is 95.4 Å². The SMILES string of the molecule is COc1ccc(C(Nc2nc3c(ncn3[C@@H]3O[C@H](CI)[C@@H](O)[C@H]3F)c(=O)[nH]2)(c2ccccc2)c2ccccc2)cc1. The van der Waals surface area contributed by atoms with Crippen molar-refractivity contribution in [1.82, 2.24) is 19.5 Å². The van der Waals surface area contributed by atoms with E-state index < -0.39 is 35.7 Å². The number of H-pyrrole nitrogens is 1. The molecule has 0 aliphatic carbocycles. The van der Waals surface area contributed by atoms with Crippen LogP contribution >= 0.6 is 22.6 Å². The molecule has 0 spiro atoms. The largest absolute Gasteiger partial charge is 0.497 e. The minimum atomic E-state index is -1.71. The number of methoxy groups -OCH3 is 1. The number of fused-ring (bicyclic) bond motifs is 1. The molecule has 0 bridgehead atoms. The van der Waals surface area contributed by atoms with Gasteiger partial charge in [-0.05, 0) is 28.8 Å². The number of halogens is 2. The number of imidazole rings is 1. The highest BCUT2D eigenvalue weighted by molar-refractivity contribution is 14.1. The van der Waals surface area contributed by atoms with Gasteiger partial charge in [-0.3, -0.25) is 14.3 Å². The van der Waals surface area contributed by atoms with Crippen LogP contribution in [-0.4, -0.2) is 54.5 Å². The highest BCUT2D eigenvalue weighted by atomic mass is 127. The first-order valence-corrected chi connectivity index (χ1v) is 14.5. The molecule has 5 aromatic rings. The molecular formula is C30H27FIN5O4. The van der Waals surface area contributed by atoms with Gasteiger partial charge in [0.2, 0.25) is 5.95 Å². The molecule has 0 saturated carbocycles. The fourth-order valence-electron chi connectivity index (χ4n) is 5.34. The van der Waals surface area contributed by atoms with E-state index in [9.17, 15) is 9.90 Å². The average molecular weight is 667 g/mol. The van der Waals surface area contributed by atoms with Crippen molar-refractivity contribution < 1.29 is 19.0 Å². The number of nitrogens with zero attached hydrogens (tertiary/aromatic N) is 3. The van der Waals surface area contributed by atoms with Crippen molar-refractivity contribution in [3.63, 3.8) is 0 Å². The van der Waals surface area contributed by atoms with Crippen molar-refractivity contribution in [2.24, 2.45) is 0 Å². The molecule has 6 rings (SSSR count). The Morgan fingerprint density at radius 3 is 2.22 bits per heavy atom. The van der Waals surface area contributed by atoms with Crippen LogP contribution in [0.1, 0.15) is 22.9 Å². The van der Waals surface area contributed by atoms with Crippen LogP contribution in [0, 0.1) is 0 Å². The standard InChI is InChI=1S/C30H27FIN5O4/c1-40-21-14-12-20(13-15-21)30(18-8-4-2-5-9-18,19-10-6-3-7-11-19)36-29-34-26-24(27(39)35-29)33-17-37(26)28-23(31)25(38)22(16-32)41-28/h2-15,17,22-23,25,28,38H,16H2,1H3,(H2,34,35,36,39)/t22-,23-,25-,28-/m1/s1. The molecule has 0 unspecified atom stereocenters. The summed E-state index contributed by atoms with van der Waals surface area (Å²) in [5.74, 6) is 0.845. The fourth-order valence-corrected chi connectivity index (χ4v) is 6.07. The second-order valence-corrected chi connectivity index (χ2v) is 10.6. The van der Waals surface area contributed by atoms with Crippen LogP contribution in [0.3, 0.4) is 0 Å². The van der Waals surface area contributed by atoms with Crippen molar-refractivity contribution >= 4 is 39.7 Å². The van der Waals surface area contributed by atoms with E-state index in [0.717, 1.165) is 16.7 Å². The quantitative estimate of drug-likeness (QED) is 0.126. The number of benzene rings is 3. The maximum atomic E-state index is 15.1. The Bertz CT molecular complexity index is 1660. The summed E-state index contributed by atoms with van der Waals surface area (Å²) in [6, 6.07) is 27.3. The number of aliphatic hydroxyl groups excluding tert-OH is 1. The first-order valence-electron chi connectivity index (χ1n) is 13.0. The van der Waals surface area contributed by atoms with Gasteiger partial charge in [-0.2, -0.15) is 4.98 Å². The fraction of sp³-hybridized carbons (Fsp3) is 0.233. The molecule has 4 atom stereocenters. The van der Waals surface area contributed by atoms with Gasteiger partial charge >= 0.3 is 0 Å². The van der Waals surface area contributed by atoms with E-state index in [2.05, 4.69) is 15.3 Å². The molecule has 9 nitrogen and oxygen atoms in total. The van der Waals surface area contributed by atoms with Crippen LogP contribution in [0.2, 0.25) is 0 Å². The summed E-state index contributed by atoms with van der Waals surface area (Å²) in [5, 5.41) is 13.9. The zero-order valence-corrected chi connectivity index (χ0v) is 24.1.